The zero-order valence-electron chi connectivity index (χ0n) is 9.19. The number of nitrogens with zero attached hydrogens (tertiary/aromatic N) is 2. The minimum atomic E-state index is -0.144. The van der Waals surface area contributed by atoms with Crippen LogP contribution in [0.3, 0.4) is 0 Å². The van der Waals surface area contributed by atoms with Gasteiger partial charge in [-0.2, -0.15) is 0 Å². The Morgan fingerprint density at radius 3 is 2.94 bits per heavy atom. The summed E-state index contributed by atoms with van der Waals surface area (Å²) in [6.07, 6.45) is 2.11. The SMILES string of the molecule is CCN(CCCO)C(=O)c1cccnc1Cl. The number of hydrogen-bond donors (Lipinski definition) is 1. The van der Waals surface area contributed by atoms with Gasteiger partial charge in [0.2, 0.25) is 0 Å². The lowest BCUT2D eigenvalue weighted by Crippen LogP contribution is -2.32. The van der Waals surface area contributed by atoms with Crippen LogP contribution in [-0.2, 0) is 0 Å². The molecule has 88 valence electrons. The van der Waals surface area contributed by atoms with Gasteiger partial charge in [0.05, 0.1) is 5.56 Å². The number of amides is 1. The van der Waals surface area contributed by atoms with Crippen molar-refractivity contribution < 1.29 is 9.90 Å². The van der Waals surface area contributed by atoms with Crippen LogP contribution in [0.2, 0.25) is 5.15 Å². The Bertz CT molecular complexity index is 358. The Morgan fingerprint density at radius 2 is 2.38 bits per heavy atom. The fraction of sp³-hybridized carbons (Fsp3) is 0.455. The summed E-state index contributed by atoms with van der Waals surface area (Å²) in [6.45, 7) is 3.07. The molecule has 4 nitrogen and oxygen atoms in total. The molecule has 1 N–H and O–H groups in total. The van der Waals surface area contributed by atoms with Crippen molar-refractivity contribution in [2.45, 2.75) is 13.3 Å². The minimum absolute atomic E-state index is 0.0740. The normalized spacial score (nSPS) is 10.2. The number of aliphatic hydroxyl groups is 1. The van der Waals surface area contributed by atoms with E-state index < -0.39 is 0 Å². The number of rotatable bonds is 5. The van der Waals surface area contributed by atoms with E-state index in [4.69, 9.17) is 16.7 Å². The number of carbonyl (C=O) groups is 1. The minimum Gasteiger partial charge on any atom is -0.396 e. The van der Waals surface area contributed by atoms with Crippen molar-refractivity contribution in [3.05, 3.63) is 29.0 Å². The van der Waals surface area contributed by atoms with Crippen molar-refractivity contribution in [1.82, 2.24) is 9.88 Å². The smallest absolute Gasteiger partial charge is 0.256 e. The molecule has 0 unspecified atom stereocenters. The molecule has 5 heteroatoms. The largest absolute Gasteiger partial charge is 0.396 e. The molecule has 0 saturated carbocycles. The second-order valence-corrected chi connectivity index (χ2v) is 3.66. The Balaban J connectivity index is 2.79. The van der Waals surface area contributed by atoms with Crippen LogP contribution < -0.4 is 0 Å². The molecule has 0 atom stereocenters. The number of hydrogen-bond acceptors (Lipinski definition) is 3. The predicted octanol–water partition coefficient (Wildman–Crippen LogP) is 1.58. The standard InChI is InChI=1S/C11H15ClN2O2/c1-2-14(7-4-8-15)11(16)9-5-3-6-13-10(9)12/h3,5-6,15H,2,4,7-8H2,1H3. The maximum atomic E-state index is 12.0. The fourth-order valence-electron chi connectivity index (χ4n) is 1.38. The third kappa shape index (κ3) is 3.18. The molecule has 0 aliphatic heterocycles. The maximum Gasteiger partial charge on any atom is 0.256 e. The zero-order chi connectivity index (χ0) is 12.0. The van der Waals surface area contributed by atoms with Gasteiger partial charge in [0.1, 0.15) is 5.15 Å². The van der Waals surface area contributed by atoms with Gasteiger partial charge in [0.25, 0.3) is 5.91 Å². The monoisotopic (exact) mass is 242 g/mol. The predicted molar refractivity (Wildman–Crippen MR) is 62.5 cm³/mol. The highest BCUT2D eigenvalue weighted by atomic mass is 35.5. The van der Waals surface area contributed by atoms with E-state index in [-0.39, 0.29) is 17.7 Å². The first-order valence-corrected chi connectivity index (χ1v) is 5.59. The second-order valence-electron chi connectivity index (χ2n) is 3.30. The van der Waals surface area contributed by atoms with Crippen molar-refractivity contribution in [1.29, 1.82) is 0 Å². The van der Waals surface area contributed by atoms with Crippen LogP contribution in [0, 0.1) is 0 Å². The van der Waals surface area contributed by atoms with Crippen LogP contribution in [0.1, 0.15) is 23.7 Å². The average molecular weight is 243 g/mol. The van der Waals surface area contributed by atoms with E-state index in [0.29, 0.717) is 25.1 Å². The van der Waals surface area contributed by atoms with Crippen LogP contribution in [0.25, 0.3) is 0 Å². The fourth-order valence-corrected chi connectivity index (χ4v) is 1.58. The molecule has 1 amide bonds. The van der Waals surface area contributed by atoms with Crippen LogP contribution in [0.5, 0.6) is 0 Å². The molecule has 1 rings (SSSR count). The van der Waals surface area contributed by atoms with Crippen molar-refractivity contribution in [2.75, 3.05) is 19.7 Å². The molecule has 0 fully saturated rings. The topological polar surface area (TPSA) is 53.4 Å². The lowest BCUT2D eigenvalue weighted by atomic mass is 10.2. The van der Waals surface area contributed by atoms with Crippen LogP contribution in [-0.4, -0.2) is 40.6 Å². The molecule has 1 aromatic heterocycles. The number of halogens is 1. The van der Waals surface area contributed by atoms with Crippen molar-refractivity contribution in [3.8, 4) is 0 Å². The molecule has 0 saturated heterocycles. The molecule has 0 aromatic carbocycles. The lowest BCUT2D eigenvalue weighted by molar-refractivity contribution is 0.0754. The highest BCUT2D eigenvalue weighted by Gasteiger charge is 2.16. The van der Waals surface area contributed by atoms with Gasteiger partial charge in [-0.05, 0) is 25.5 Å². The van der Waals surface area contributed by atoms with Gasteiger partial charge < -0.3 is 10.0 Å². The molecular weight excluding hydrogens is 228 g/mol. The van der Waals surface area contributed by atoms with E-state index >= 15 is 0 Å². The van der Waals surface area contributed by atoms with Gasteiger partial charge in [0, 0.05) is 25.9 Å². The van der Waals surface area contributed by atoms with Crippen molar-refractivity contribution >= 4 is 17.5 Å². The number of aliphatic hydroxyl groups excluding tert-OH is 1. The van der Waals surface area contributed by atoms with Gasteiger partial charge in [-0.25, -0.2) is 4.98 Å². The maximum absolute atomic E-state index is 12.0. The van der Waals surface area contributed by atoms with Crippen molar-refractivity contribution in [2.24, 2.45) is 0 Å². The zero-order valence-corrected chi connectivity index (χ0v) is 9.94. The first-order valence-electron chi connectivity index (χ1n) is 5.21. The highest BCUT2D eigenvalue weighted by Crippen LogP contribution is 2.14. The van der Waals surface area contributed by atoms with Gasteiger partial charge in [-0.15, -0.1) is 0 Å². The van der Waals surface area contributed by atoms with Crippen molar-refractivity contribution in [3.63, 3.8) is 0 Å². The van der Waals surface area contributed by atoms with Gasteiger partial charge in [0.15, 0.2) is 0 Å². The molecule has 0 spiro atoms. The van der Waals surface area contributed by atoms with Crippen LogP contribution in [0.15, 0.2) is 18.3 Å². The summed E-state index contributed by atoms with van der Waals surface area (Å²) in [6, 6.07) is 3.33. The summed E-state index contributed by atoms with van der Waals surface area (Å²) in [7, 11) is 0. The number of pyridine rings is 1. The van der Waals surface area contributed by atoms with Crippen LogP contribution >= 0.6 is 11.6 Å². The number of aromatic nitrogens is 1. The molecule has 1 heterocycles. The highest BCUT2D eigenvalue weighted by molar-refractivity contribution is 6.32. The molecule has 0 radical (unpaired) electrons. The third-order valence-electron chi connectivity index (χ3n) is 2.24. The summed E-state index contributed by atoms with van der Waals surface area (Å²) >= 11 is 5.85. The molecule has 0 aliphatic carbocycles. The van der Waals surface area contributed by atoms with E-state index in [1.807, 2.05) is 6.92 Å². The van der Waals surface area contributed by atoms with E-state index in [9.17, 15) is 4.79 Å². The summed E-state index contributed by atoms with van der Waals surface area (Å²) in [5, 5.41) is 8.96. The van der Waals surface area contributed by atoms with E-state index in [2.05, 4.69) is 4.98 Å². The summed E-state index contributed by atoms with van der Waals surface area (Å²) in [5.41, 5.74) is 0.406. The molecular formula is C11H15ClN2O2. The van der Waals surface area contributed by atoms with E-state index in [1.54, 1.807) is 23.2 Å². The first kappa shape index (κ1) is 12.9. The first-order chi connectivity index (χ1) is 7.70. The Hall–Kier alpha value is -1.13. The Labute approximate surface area is 99.9 Å². The molecule has 0 aliphatic rings. The van der Waals surface area contributed by atoms with Crippen LogP contribution in [0.4, 0.5) is 0 Å². The summed E-state index contributed by atoms with van der Waals surface area (Å²) in [5.74, 6) is -0.144. The Kier molecular flexibility index (Phi) is 5.22. The van der Waals surface area contributed by atoms with E-state index in [0.717, 1.165) is 0 Å². The Morgan fingerprint density at radius 1 is 1.62 bits per heavy atom. The quantitative estimate of drug-likeness (QED) is 0.798. The van der Waals surface area contributed by atoms with E-state index in [1.165, 1.54) is 0 Å². The molecule has 1 aromatic rings. The molecule has 0 bridgehead atoms. The average Bonchev–Trinajstić information content (AvgIpc) is 2.30. The third-order valence-corrected chi connectivity index (χ3v) is 2.55. The van der Waals surface area contributed by atoms with Gasteiger partial charge in [-0.1, -0.05) is 11.6 Å². The van der Waals surface area contributed by atoms with Gasteiger partial charge >= 0.3 is 0 Å². The van der Waals surface area contributed by atoms with Gasteiger partial charge in [-0.3, -0.25) is 4.79 Å². The lowest BCUT2D eigenvalue weighted by Gasteiger charge is -2.20. The summed E-state index contributed by atoms with van der Waals surface area (Å²) in [4.78, 5) is 17.5. The number of carbonyl (C=O) groups excluding carboxylic acids is 1. The molecule has 16 heavy (non-hydrogen) atoms. The second kappa shape index (κ2) is 6.45. The summed E-state index contributed by atoms with van der Waals surface area (Å²) < 4.78 is 0.